The normalized spacial score (nSPS) is 18.2. The summed E-state index contributed by atoms with van der Waals surface area (Å²) in [4.78, 5) is 0. The largest absolute Gasteiger partial charge is 0.271 e. The molecule has 1 aromatic rings. The van der Waals surface area contributed by atoms with Crippen molar-refractivity contribution in [2.24, 2.45) is 5.84 Å². The fraction of sp³-hybridized carbons (Fsp3) is 0.600. The van der Waals surface area contributed by atoms with E-state index in [1.54, 1.807) is 19.1 Å². The number of hydrogen-bond acceptors (Lipinski definition) is 3. The molecule has 1 aliphatic carbocycles. The molecule has 1 fully saturated rings. The molecule has 1 unspecified atom stereocenters. The number of nitrogens with one attached hydrogen (secondary N) is 1. The first-order chi connectivity index (χ1) is 9.63. The molecule has 1 saturated carbocycles. The summed E-state index contributed by atoms with van der Waals surface area (Å²) in [6.07, 6.45) is 6.28. The van der Waals surface area contributed by atoms with Crippen LogP contribution in [0, 0.1) is 18.6 Å². The van der Waals surface area contributed by atoms with Gasteiger partial charge in [0.05, 0.1) is 6.04 Å². The Kier molecular flexibility index (Phi) is 5.81. The van der Waals surface area contributed by atoms with Crippen molar-refractivity contribution in [3.63, 3.8) is 0 Å². The Morgan fingerprint density at radius 2 is 1.95 bits per heavy atom. The lowest BCUT2D eigenvalue weighted by Gasteiger charge is -2.24. The van der Waals surface area contributed by atoms with Gasteiger partial charge in [-0.3, -0.25) is 11.3 Å². The second-order valence-electron chi connectivity index (χ2n) is 5.41. The fourth-order valence-corrected chi connectivity index (χ4v) is 4.03. The summed E-state index contributed by atoms with van der Waals surface area (Å²) in [5.74, 6) is 4.64. The molecule has 1 aliphatic rings. The van der Waals surface area contributed by atoms with Gasteiger partial charge in [-0.15, -0.1) is 0 Å². The highest BCUT2D eigenvalue weighted by Crippen LogP contribution is 2.32. The lowest BCUT2D eigenvalue weighted by atomic mass is 10.0. The predicted molar refractivity (Wildman–Crippen MR) is 80.5 cm³/mol. The van der Waals surface area contributed by atoms with E-state index in [0.29, 0.717) is 22.1 Å². The van der Waals surface area contributed by atoms with Crippen LogP contribution in [0.3, 0.4) is 0 Å². The molecule has 0 aromatic heterocycles. The Morgan fingerprint density at radius 1 is 1.25 bits per heavy atom. The number of nitrogens with two attached hydrogens (primary N) is 1. The maximum Gasteiger partial charge on any atom is 0.163 e. The van der Waals surface area contributed by atoms with Crippen LogP contribution in [0.5, 0.6) is 0 Å². The number of hydrogen-bond donors (Lipinski definition) is 2. The highest BCUT2D eigenvalue weighted by Gasteiger charge is 2.21. The van der Waals surface area contributed by atoms with E-state index in [0.717, 1.165) is 0 Å². The van der Waals surface area contributed by atoms with Gasteiger partial charge in [0, 0.05) is 16.6 Å². The molecule has 0 bridgehead atoms. The van der Waals surface area contributed by atoms with Gasteiger partial charge in [0.25, 0.3) is 0 Å². The topological polar surface area (TPSA) is 38.0 Å². The average molecular weight is 300 g/mol. The first kappa shape index (κ1) is 15.7. The van der Waals surface area contributed by atoms with E-state index in [4.69, 9.17) is 5.84 Å². The Bertz CT molecular complexity index is 448. The zero-order valence-corrected chi connectivity index (χ0v) is 12.6. The summed E-state index contributed by atoms with van der Waals surface area (Å²) < 4.78 is 27.6. The predicted octanol–water partition coefficient (Wildman–Crippen LogP) is 3.84. The van der Waals surface area contributed by atoms with Crippen LogP contribution in [0.4, 0.5) is 8.78 Å². The molecule has 0 spiro atoms. The number of halogens is 2. The maximum absolute atomic E-state index is 14.0. The van der Waals surface area contributed by atoms with Gasteiger partial charge in [-0.25, -0.2) is 8.78 Å². The van der Waals surface area contributed by atoms with Crippen molar-refractivity contribution < 1.29 is 8.78 Å². The van der Waals surface area contributed by atoms with E-state index >= 15 is 0 Å². The van der Waals surface area contributed by atoms with Crippen molar-refractivity contribution in [3.8, 4) is 0 Å². The van der Waals surface area contributed by atoms with Crippen molar-refractivity contribution in [1.82, 2.24) is 5.43 Å². The van der Waals surface area contributed by atoms with Gasteiger partial charge < -0.3 is 0 Å². The van der Waals surface area contributed by atoms with Gasteiger partial charge in [0.2, 0.25) is 0 Å². The molecule has 112 valence electrons. The molecular formula is C15H22F2N2S. The van der Waals surface area contributed by atoms with E-state index in [2.05, 4.69) is 5.43 Å². The van der Waals surface area contributed by atoms with E-state index < -0.39 is 11.6 Å². The minimum atomic E-state index is -0.780. The summed E-state index contributed by atoms with van der Waals surface area (Å²) in [5.41, 5.74) is 3.26. The second kappa shape index (κ2) is 7.38. The molecule has 0 radical (unpaired) electrons. The molecule has 5 heteroatoms. The lowest BCUT2D eigenvalue weighted by molar-refractivity contribution is 0.473. The summed E-state index contributed by atoms with van der Waals surface area (Å²) in [6.45, 7) is 1.56. The van der Waals surface area contributed by atoms with Crippen LogP contribution < -0.4 is 11.3 Å². The van der Waals surface area contributed by atoms with Crippen molar-refractivity contribution in [2.75, 3.05) is 5.75 Å². The molecule has 3 N–H and O–H groups in total. The number of rotatable bonds is 5. The Morgan fingerprint density at radius 3 is 2.60 bits per heavy atom. The molecule has 0 saturated heterocycles. The average Bonchev–Trinajstić information content (AvgIpc) is 2.48. The van der Waals surface area contributed by atoms with E-state index in [-0.39, 0.29) is 6.04 Å². The monoisotopic (exact) mass is 300 g/mol. The summed E-state index contributed by atoms with van der Waals surface area (Å²) in [5, 5.41) is 0.623. The van der Waals surface area contributed by atoms with Crippen molar-refractivity contribution in [3.05, 3.63) is 34.9 Å². The van der Waals surface area contributed by atoms with Crippen LogP contribution in [-0.4, -0.2) is 11.0 Å². The van der Waals surface area contributed by atoms with Crippen LogP contribution in [0.15, 0.2) is 12.1 Å². The van der Waals surface area contributed by atoms with Crippen molar-refractivity contribution >= 4 is 11.8 Å². The van der Waals surface area contributed by atoms with Crippen molar-refractivity contribution in [2.45, 2.75) is 50.3 Å². The van der Waals surface area contributed by atoms with Gasteiger partial charge in [0.15, 0.2) is 11.6 Å². The minimum Gasteiger partial charge on any atom is -0.271 e. The molecule has 1 atom stereocenters. The molecule has 2 rings (SSSR count). The SMILES string of the molecule is Cc1ccc(C(CSC2CCCCC2)NN)c(F)c1F. The van der Waals surface area contributed by atoms with Crippen molar-refractivity contribution in [1.29, 1.82) is 0 Å². The van der Waals surface area contributed by atoms with E-state index in [1.807, 2.05) is 11.8 Å². The lowest BCUT2D eigenvalue weighted by Crippen LogP contribution is -2.31. The molecular weight excluding hydrogens is 278 g/mol. The van der Waals surface area contributed by atoms with Crippen LogP contribution in [0.25, 0.3) is 0 Å². The highest BCUT2D eigenvalue weighted by atomic mass is 32.2. The molecule has 20 heavy (non-hydrogen) atoms. The number of aryl methyl sites for hydroxylation is 1. The van der Waals surface area contributed by atoms with Crippen LogP contribution in [-0.2, 0) is 0 Å². The van der Waals surface area contributed by atoms with E-state index in [9.17, 15) is 8.78 Å². The number of thioether (sulfide) groups is 1. The van der Waals surface area contributed by atoms with Crippen LogP contribution in [0.2, 0.25) is 0 Å². The van der Waals surface area contributed by atoms with Gasteiger partial charge in [-0.2, -0.15) is 11.8 Å². The smallest absolute Gasteiger partial charge is 0.163 e. The summed E-state index contributed by atoms with van der Waals surface area (Å²) in [7, 11) is 0. The zero-order chi connectivity index (χ0) is 14.5. The summed E-state index contributed by atoms with van der Waals surface area (Å²) >= 11 is 1.81. The number of benzene rings is 1. The Hall–Kier alpha value is -0.650. The minimum absolute atomic E-state index is 0.318. The fourth-order valence-electron chi connectivity index (χ4n) is 2.62. The quantitative estimate of drug-likeness (QED) is 0.641. The number of hydrazine groups is 1. The first-order valence-corrected chi connectivity index (χ1v) is 8.20. The third-order valence-corrected chi connectivity index (χ3v) is 5.40. The van der Waals surface area contributed by atoms with Gasteiger partial charge in [0.1, 0.15) is 0 Å². The first-order valence-electron chi connectivity index (χ1n) is 7.15. The van der Waals surface area contributed by atoms with Gasteiger partial charge in [-0.1, -0.05) is 31.4 Å². The zero-order valence-electron chi connectivity index (χ0n) is 11.8. The molecule has 2 nitrogen and oxygen atoms in total. The van der Waals surface area contributed by atoms with Gasteiger partial charge >= 0.3 is 0 Å². The molecule has 0 heterocycles. The Balaban J connectivity index is 2.02. The Labute approximate surface area is 123 Å². The van der Waals surface area contributed by atoms with Crippen LogP contribution >= 0.6 is 11.8 Å². The third-order valence-electron chi connectivity index (χ3n) is 3.93. The molecule has 0 amide bonds. The summed E-state index contributed by atoms with van der Waals surface area (Å²) in [6, 6.07) is 2.88. The highest BCUT2D eigenvalue weighted by molar-refractivity contribution is 7.99. The molecule has 1 aromatic carbocycles. The van der Waals surface area contributed by atoms with E-state index in [1.165, 1.54) is 32.1 Å². The third kappa shape index (κ3) is 3.71. The second-order valence-corrected chi connectivity index (χ2v) is 6.75. The van der Waals surface area contributed by atoms with Crippen LogP contribution in [0.1, 0.15) is 49.3 Å². The molecule has 0 aliphatic heterocycles. The van der Waals surface area contributed by atoms with Gasteiger partial charge in [-0.05, 0) is 25.3 Å². The maximum atomic E-state index is 14.0. The standard InChI is InChI=1S/C15H22F2N2S/c1-10-7-8-12(15(17)14(10)16)13(19-18)9-20-11-5-3-2-4-6-11/h7-8,11,13,19H,2-6,9,18H2,1H3.